The number of aliphatic hydroxyl groups is 2. The molecule has 0 aromatic heterocycles. The van der Waals surface area contributed by atoms with E-state index in [0.717, 1.165) is 0 Å². The summed E-state index contributed by atoms with van der Waals surface area (Å²) in [5, 5.41) is 18.4. The Kier molecular flexibility index (Phi) is 5.26. The molecule has 0 aliphatic carbocycles. The molecule has 9 heteroatoms. The van der Waals surface area contributed by atoms with Gasteiger partial charge in [-0.1, -0.05) is 0 Å². The fourth-order valence-electron chi connectivity index (χ4n) is 2.84. The van der Waals surface area contributed by atoms with Crippen molar-refractivity contribution in [2.45, 2.75) is 11.0 Å². The lowest BCUT2D eigenvalue weighted by Gasteiger charge is -2.34. The van der Waals surface area contributed by atoms with E-state index in [1.807, 2.05) is 4.90 Å². The third-order valence-electron chi connectivity index (χ3n) is 4.16. The summed E-state index contributed by atoms with van der Waals surface area (Å²) >= 11 is 0. The number of ether oxygens (including phenoxy) is 2. The maximum atomic E-state index is 12.8. The second kappa shape index (κ2) is 7.24. The highest BCUT2D eigenvalue weighted by Crippen LogP contribution is 2.33. The average molecular weight is 358 g/mol. The van der Waals surface area contributed by atoms with Crippen LogP contribution in [0.4, 0.5) is 0 Å². The number of aliphatic hydroxyl groups excluding tert-OH is 2. The van der Waals surface area contributed by atoms with E-state index in [1.165, 1.54) is 16.4 Å². The summed E-state index contributed by atoms with van der Waals surface area (Å²) in [5.41, 5.74) is 0. The van der Waals surface area contributed by atoms with Gasteiger partial charge in [-0.2, -0.15) is 4.31 Å². The van der Waals surface area contributed by atoms with Crippen LogP contribution in [-0.4, -0.2) is 86.5 Å². The van der Waals surface area contributed by atoms with Gasteiger partial charge in [0.15, 0.2) is 11.5 Å². The first-order chi connectivity index (χ1) is 11.5. The van der Waals surface area contributed by atoms with Crippen LogP contribution in [0.25, 0.3) is 0 Å². The Bertz CT molecular complexity index is 673. The molecule has 1 aromatic carbocycles. The van der Waals surface area contributed by atoms with Gasteiger partial charge < -0.3 is 19.7 Å². The van der Waals surface area contributed by atoms with Crippen LogP contribution in [-0.2, 0) is 10.0 Å². The molecular weight excluding hydrogens is 336 g/mol. The van der Waals surface area contributed by atoms with E-state index in [-0.39, 0.29) is 11.5 Å². The Morgan fingerprint density at radius 2 is 1.75 bits per heavy atom. The van der Waals surface area contributed by atoms with E-state index in [1.54, 1.807) is 6.07 Å². The number of fused-ring (bicyclic) bond motifs is 1. The summed E-state index contributed by atoms with van der Waals surface area (Å²) in [6.07, 6.45) is -0.800. The molecule has 2 aliphatic heterocycles. The van der Waals surface area contributed by atoms with Crippen molar-refractivity contribution in [3.63, 3.8) is 0 Å². The molecule has 0 amide bonds. The standard InChI is InChI=1S/C15H22N2O6S/c18-11-12(19)10-16-3-5-17(6-4-16)24(20,21)13-1-2-14-15(9-13)23-8-7-22-14/h1-2,9,12,18-19H,3-8,10-11H2. The maximum Gasteiger partial charge on any atom is 0.243 e. The van der Waals surface area contributed by atoms with Crippen LogP contribution in [0, 0.1) is 0 Å². The minimum atomic E-state index is -3.59. The Morgan fingerprint density at radius 3 is 2.42 bits per heavy atom. The van der Waals surface area contributed by atoms with Crippen molar-refractivity contribution >= 4 is 10.0 Å². The van der Waals surface area contributed by atoms with Gasteiger partial charge >= 0.3 is 0 Å². The number of β-amino-alcohol motifs (C(OH)–C–C–N with tert-alkyl or cyclic N) is 1. The van der Waals surface area contributed by atoms with E-state index in [0.29, 0.717) is 57.4 Å². The molecule has 1 fully saturated rings. The first kappa shape index (κ1) is 17.4. The molecule has 1 atom stereocenters. The Hall–Kier alpha value is -1.39. The van der Waals surface area contributed by atoms with Gasteiger partial charge in [-0.15, -0.1) is 0 Å². The zero-order chi connectivity index (χ0) is 17.2. The summed E-state index contributed by atoms with van der Waals surface area (Å²) in [7, 11) is -3.59. The van der Waals surface area contributed by atoms with Crippen LogP contribution >= 0.6 is 0 Å². The topological polar surface area (TPSA) is 99.5 Å². The van der Waals surface area contributed by atoms with Gasteiger partial charge in [0.25, 0.3) is 0 Å². The van der Waals surface area contributed by atoms with Gasteiger partial charge in [0, 0.05) is 38.8 Å². The molecule has 0 bridgehead atoms. The third-order valence-corrected chi connectivity index (χ3v) is 6.06. The van der Waals surface area contributed by atoms with Crippen molar-refractivity contribution in [1.82, 2.24) is 9.21 Å². The summed E-state index contributed by atoms with van der Waals surface area (Å²) in [6, 6.07) is 4.66. The Morgan fingerprint density at radius 1 is 1.08 bits per heavy atom. The molecule has 2 N–H and O–H groups in total. The highest BCUT2D eigenvalue weighted by Gasteiger charge is 2.30. The minimum absolute atomic E-state index is 0.190. The van der Waals surface area contributed by atoms with E-state index in [9.17, 15) is 13.5 Å². The molecule has 8 nitrogen and oxygen atoms in total. The van der Waals surface area contributed by atoms with Gasteiger partial charge in [0.2, 0.25) is 10.0 Å². The van der Waals surface area contributed by atoms with E-state index >= 15 is 0 Å². The van der Waals surface area contributed by atoms with Crippen LogP contribution in [0.1, 0.15) is 0 Å². The molecule has 1 aromatic rings. The molecule has 1 unspecified atom stereocenters. The lowest BCUT2D eigenvalue weighted by molar-refractivity contribution is 0.0491. The molecule has 1 saturated heterocycles. The second-order valence-electron chi connectivity index (χ2n) is 5.85. The molecular formula is C15H22N2O6S. The van der Waals surface area contributed by atoms with Crippen molar-refractivity contribution in [2.24, 2.45) is 0 Å². The largest absolute Gasteiger partial charge is 0.486 e. The maximum absolute atomic E-state index is 12.8. The number of nitrogens with zero attached hydrogens (tertiary/aromatic N) is 2. The van der Waals surface area contributed by atoms with Crippen molar-refractivity contribution in [1.29, 1.82) is 0 Å². The highest BCUT2D eigenvalue weighted by molar-refractivity contribution is 7.89. The van der Waals surface area contributed by atoms with Gasteiger partial charge in [0.1, 0.15) is 13.2 Å². The zero-order valence-electron chi connectivity index (χ0n) is 13.3. The molecule has 0 radical (unpaired) electrons. The van der Waals surface area contributed by atoms with Crippen molar-refractivity contribution in [3.8, 4) is 11.5 Å². The highest BCUT2D eigenvalue weighted by atomic mass is 32.2. The van der Waals surface area contributed by atoms with Gasteiger partial charge in [0.05, 0.1) is 17.6 Å². The van der Waals surface area contributed by atoms with E-state index in [4.69, 9.17) is 14.6 Å². The van der Waals surface area contributed by atoms with Gasteiger partial charge in [-0.05, 0) is 12.1 Å². The molecule has 2 heterocycles. The quantitative estimate of drug-likeness (QED) is 0.705. The fourth-order valence-corrected chi connectivity index (χ4v) is 4.28. The monoisotopic (exact) mass is 358 g/mol. The first-order valence-electron chi connectivity index (χ1n) is 7.92. The number of sulfonamides is 1. The molecule has 0 saturated carbocycles. The van der Waals surface area contributed by atoms with Crippen molar-refractivity contribution < 1.29 is 28.1 Å². The van der Waals surface area contributed by atoms with Crippen molar-refractivity contribution in [3.05, 3.63) is 18.2 Å². The predicted octanol–water partition coefficient (Wildman–Crippen LogP) is -0.883. The summed E-state index contributed by atoms with van der Waals surface area (Å²) in [6.45, 7) is 2.62. The molecule has 3 rings (SSSR count). The van der Waals surface area contributed by atoms with E-state index < -0.39 is 16.1 Å². The lowest BCUT2D eigenvalue weighted by atomic mass is 10.3. The molecule has 2 aliphatic rings. The summed E-state index contributed by atoms with van der Waals surface area (Å²) in [5.74, 6) is 1.01. The lowest BCUT2D eigenvalue weighted by Crippen LogP contribution is -2.50. The Balaban J connectivity index is 1.68. The number of rotatable bonds is 5. The third kappa shape index (κ3) is 3.65. The number of piperazine rings is 1. The molecule has 0 spiro atoms. The smallest absolute Gasteiger partial charge is 0.243 e. The summed E-state index contributed by atoms with van der Waals surface area (Å²) < 4.78 is 37.9. The van der Waals surface area contributed by atoms with Gasteiger partial charge in [-0.3, -0.25) is 4.90 Å². The summed E-state index contributed by atoms with van der Waals surface area (Å²) in [4.78, 5) is 2.13. The van der Waals surface area contributed by atoms with Crippen LogP contribution in [0.3, 0.4) is 0 Å². The van der Waals surface area contributed by atoms with Crippen molar-refractivity contribution in [2.75, 3.05) is 52.5 Å². The van der Waals surface area contributed by atoms with Gasteiger partial charge in [-0.25, -0.2) is 8.42 Å². The number of hydrogen-bond donors (Lipinski definition) is 2. The minimum Gasteiger partial charge on any atom is -0.486 e. The van der Waals surface area contributed by atoms with Crippen LogP contribution in [0.5, 0.6) is 11.5 Å². The predicted molar refractivity (Wildman–Crippen MR) is 85.7 cm³/mol. The number of benzene rings is 1. The fraction of sp³-hybridized carbons (Fsp3) is 0.600. The number of hydrogen-bond acceptors (Lipinski definition) is 7. The first-order valence-corrected chi connectivity index (χ1v) is 9.36. The van der Waals surface area contributed by atoms with Crippen LogP contribution < -0.4 is 9.47 Å². The van der Waals surface area contributed by atoms with E-state index in [2.05, 4.69) is 0 Å². The molecule has 134 valence electrons. The molecule has 24 heavy (non-hydrogen) atoms. The normalized spacial score (nSPS) is 20.8. The Labute approximate surface area is 141 Å². The van der Waals surface area contributed by atoms with Crippen LogP contribution in [0.15, 0.2) is 23.1 Å². The average Bonchev–Trinajstić information content (AvgIpc) is 2.61. The second-order valence-corrected chi connectivity index (χ2v) is 7.78. The SMILES string of the molecule is O=S(=O)(c1ccc2c(c1)OCCO2)N1CCN(CC(O)CO)CC1. The van der Waals surface area contributed by atoms with Crippen LogP contribution in [0.2, 0.25) is 0 Å². The zero-order valence-corrected chi connectivity index (χ0v) is 14.1.